The number of hydrogen-bond donors (Lipinski definition) is 2. The lowest BCUT2D eigenvalue weighted by Gasteiger charge is -2.10. The number of rotatable bonds is 4. The first kappa shape index (κ1) is 11.9. The minimum absolute atomic E-state index is 0.0713. The standard InChI is InChI=1S/C13H18ClNO/c14-12-3-1-2-10(6-12)8-15-9-11-4-5-13(16)7-11/h1-3,6,11,13,15-16H,4-5,7-9H2. The van der Waals surface area contributed by atoms with Gasteiger partial charge in [-0.3, -0.25) is 0 Å². The van der Waals surface area contributed by atoms with Crippen LogP contribution in [0.4, 0.5) is 0 Å². The summed E-state index contributed by atoms with van der Waals surface area (Å²) < 4.78 is 0. The quantitative estimate of drug-likeness (QED) is 0.847. The van der Waals surface area contributed by atoms with Gasteiger partial charge >= 0.3 is 0 Å². The van der Waals surface area contributed by atoms with Gasteiger partial charge in [0.05, 0.1) is 6.10 Å². The van der Waals surface area contributed by atoms with Crippen LogP contribution >= 0.6 is 11.6 Å². The van der Waals surface area contributed by atoms with Gasteiger partial charge in [-0.15, -0.1) is 0 Å². The van der Waals surface area contributed by atoms with E-state index in [1.807, 2.05) is 18.2 Å². The molecule has 1 aromatic carbocycles. The fraction of sp³-hybridized carbons (Fsp3) is 0.538. The first-order valence-corrected chi connectivity index (χ1v) is 6.25. The molecule has 0 bridgehead atoms. The summed E-state index contributed by atoms with van der Waals surface area (Å²) in [4.78, 5) is 0. The monoisotopic (exact) mass is 239 g/mol. The largest absolute Gasteiger partial charge is 0.393 e. The van der Waals surface area contributed by atoms with Gasteiger partial charge < -0.3 is 10.4 Å². The van der Waals surface area contributed by atoms with Gasteiger partial charge in [0, 0.05) is 11.6 Å². The second-order valence-corrected chi connectivity index (χ2v) is 5.03. The summed E-state index contributed by atoms with van der Waals surface area (Å²) in [5, 5.41) is 13.6. The highest BCUT2D eigenvalue weighted by molar-refractivity contribution is 6.30. The molecule has 1 fully saturated rings. The summed E-state index contributed by atoms with van der Waals surface area (Å²) in [6.07, 6.45) is 2.98. The predicted octanol–water partition coefficient (Wildman–Crippen LogP) is 2.59. The van der Waals surface area contributed by atoms with E-state index in [0.717, 1.165) is 37.4 Å². The van der Waals surface area contributed by atoms with E-state index in [9.17, 15) is 5.11 Å². The third-order valence-corrected chi connectivity index (χ3v) is 3.40. The molecule has 1 aromatic rings. The fourth-order valence-electron chi connectivity index (χ4n) is 2.30. The molecule has 2 unspecified atom stereocenters. The van der Waals surface area contributed by atoms with E-state index in [1.165, 1.54) is 5.56 Å². The Labute approximate surface area is 102 Å². The Morgan fingerprint density at radius 3 is 2.94 bits per heavy atom. The zero-order valence-corrected chi connectivity index (χ0v) is 10.1. The van der Waals surface area contributed by atoms with Gasteiger partial charge in [0.15, 0.2) is 0 Å². The Bertz CT molecular complexity index is 342. The Morgan fingerprint density at radius 2 is 2.25 bits per heavy atom. The van der Waals surface area contributed by atoms with Gasteiger partial charge in [-0.2, -0.15) is 0 Å². The maximum Gasteiger partial charge on any atom is 0.0543 e. The number of nitrogens with one attached hydrogen (secondary N) is 1. The highest BCUT2D eigenvalue weighted by atomic mass is 35.5. The van der Waals surface area contributed by atoms with Crippen LogP contribution in [0.15, 0.2) is 24.3 Å². The highest BCUT2D eigenvalue weighted by Crippen LogP contribution is 2.24. The summed E-state index contributed by atoms with van der Waals surface area (Å²) in [7, 11) is 0. The first-order valence-electron chi connectivity index (χ1n) is 5.87. The zero-order chi connectivity index (χ0) is 11.4. The molecule has 1 aliphatic carbocycles. The third-order valence-electron chi connectivity index (χ3n) is 3.16. The number of aliphatic hydroxyl groups is 1. The van der Waals surface area contributed by atoms with Gasteiger partial charge in [-0.05, 0) is 49.4 Å². The molecule has 2 rings (SSSR count). The van der Waals surface area contributed by atoms with Crippen LogP contribution in [0.3, 0.4) is 0 Å². The molecule has 0 radical (unpaired) electrons. The maximum absolute atomic E-state index is 9.41. The predicted molar refractivity (Wildman–Crippen MR) is 66.5 cm³/mol. The van der Waals surface area contributed by atoms with Crippen molar-refractivity contribution in [1.29, 1.82) is 0 Å². The summed E-state index contributed by atoms with van der Waals surface area (Å²) >= 11 is 5.91. The van der Waals surface area contributed by atoms with Crippen molar-refractivity contribution in [1.82, 2.24) is 5.32 Å². The van der Waals surface area contributed by atoms with Crippen molar-refractivity contribution in [3.05, 3.63) is 34.9 Å². The molecule has 16 heavy (non-hydrogen) atoms. The molecule has 2 N–H and O–H groups in total. The van der Waals surface area contributed by atoms with E-state index >= 15 is 0 Å². The van der Waals surface area contributed by atoms with Crippen molar-refractivity contribution < 1.29 is 5.11 Å². The van der Waals surface area contributed by atoms with Crippen LogP contribution in [0.2, 0.25) is 5.02 Å². The molecule has 2 atom stereocenters. The topological polar surface area (TPSA) is 32.3 Å². The van der Waals surface area contributed by atoms with Crippen LogP contribution in [-0.2, 0) is 6.54 Å². The minimum Gasteiger partial charge on any atom is -0.393 e. The zero-order valence-electron chi connectivity index (χ0n) is 9.32. The molecule has 0 aliphatic heterocycles. The second kappa shape index (κ2) is 5.67. The molecule has 0 aromatic heterocycles. The Balaban J connectivity index is 1.72. The average Bonchev–Trinajstić information content (AvgIpc) is 2.64. The van der Waals surface area contributed by atoms with Crippen molar-refractivity contribution in [2.24, 2.45) is 5.92 Å². The normalized spacial score (nSPS) is 24.9. The number of aliphatic hydroxyl groups excluding tert-OH is 1. The van der Waals surface area contributed by atoms with Crippen LogP contribution in [0.1, 0.15) is 24.8 Å². The maximum atomic E-state index is 9.41. The molecule has 3 heteroatoms. The summed E-state index contributed by atoms with van der Waals surface area (Å²) in [5.41, 5.74) is 1.21. The van der Waals surface area contributed by atoms with Crippen molar-refractivity contribution in [3.8, 4) is 0 Å². The molecule has 0 spiro atoms. The SMILES string of the molecule is OC1CCC(CNCc2cccc(Cl)c2)C1. The smallest absolute Gasteiger partial charge is 0.0543 e. The van der Waals surface area contributed by atoms with Crippen LogP contribution in [0.25, 0.3) is 0 Å². The van der Waals surface area contributed by atoms with Crippen LogP contribution in [-0.4, -0.2) is 17.8 Å². The lowest BCUT2D eigenvalue weighted by molar-refractivity contribution is 0.177. The van der Waals surface area contributed by atoms with Gasteiger partial charge in [0.2, 0.25) is 0 Å². The van der Waals surface area contributed by atoms with E-state index in [1.54, 1.807) is 0 Å². The lowest BCUT2D eigenvalue weighted by Crippen LogP contribution is -2.21. The molecule has 0 heterocycles. The van der Waals surface area contributed by atoms with Crippen LogP contribution < -0.4 is 5.32 Å². The average molecular weight is 240 g/mol. The summed E-state index contributed by atoms with van der Waals surface area (Å²) in [5.74, 6) is 0.634. The molecule has 1 saturated carbocycles. The molecule has 88 valence electrons. The molecular weight excluding hydrogens is 222 g/mol. The molecule has 2 nitrogen and oxygen atoms in total. The fourth-order valence-corrected chi connectivity index (χ4v) is 2.51. The van der Waals surface area contributed by atoms with E-state index in [4.69, 9.17) is 11.6 Å². The van der Waals surface area contributed by atoms with Crippen molar-refractivity contribution >= 4 is 11.6 Å². The summed E-state index contributed by atoms with van der Waals surface area (Å²) in [6, 6.07) is 7.91. The van der Waals surface area contributed by atoms with Crippen LogP contribution in [0, 0.1) is 5.92 Å². The Hall–Kier alpha value is -0.570. The molecule has 0 amide bonds. The Kier molecular flexibility index (Phi) is 4.22. The van der Waals surface area contributed by atoms with Crippen LogP contribution in [0.5, 0.6) is 0 Å². The second-order valence-electron chi connectivity index (χ2n) is 4.59. The molecule has 0 saturated heterocycles. The van der Waals surface area contributed by atoms with E-state index in [-0.39, 0.29) is 6.10 Å². The van der Waals surface area contributed by atoms with Crippen molar-refractivity contribution in [2.75, 3.05) is 6.54 Å². The number of hydrogen-bond acceptors (Lipinski definition) is 2. The number of benzene rings is 1. The summed E-state index contributed by atoms with van der Waals surface area (Å²) in [6.45, 7) is 1.84. The van der Waals surface area contributed by atoms with Gasteiger partial charge in [0.25, 0.3) is 0 Å². The van der Waals surface area contributed by atoms with E-state index < -0.39 is 0 Å². The van der Waals surface area contributed by atoms with Crippen molar-refractivity contribution in [3.63, 3.8) is 0 Å². The minimum atomic E-state index is -0.0713. The van der Waals surface area contributed by atoms with Gasteiger partial charge in [0.1, 0.15) is 0 Å². The highest BCUT2D eigenvalue weighted by Gasteiger charge is 2.21. The molecule has 1 aliphatic rings. The van der Waals surface area contributed by atoms with Gasteiger partial charge in [-0.1, -0.05) is 23.7 Å². The Morgan fingerprint density at radius 1 is 1.38 bits per heavy atom. The lowest BCUT2D eigenvalue weighted by atomic mass is 10.1. The van der Waals surface area contributed by atoms with E-state index in [0.29, 0.717) is 5.92 Å². The molecular formula is C13H18ClNO. The first-order chi connectivity index (χ1) is 7.74. The van der Waals surface area contributed by atoms with Crippen molar-refractivity contribution in [2.45, 2.75) is 31.9 Å². The van der Waals surface area contributed by atoms with E-state index in [2.05, 4.69) is 11.4 Å². The van der Waals surface area contributed by atoms with Gasteiger partial charge in [-0.25, -0.2) is 0 Å². The third kappa shape index (κ3) is 3.48. The number of halogens is 1.